The Bertz CT molecular complexity index is 365. The minimum atomic E-state index is -0.277. The number of aliphatic hydroxyl groups is 1. The van der Waals surface area contributed by atoms with Crippen molar-refractivity contribution in [2.75, 3.05) is 17.6 Å². The van der Waals surface area contributed by atoms with Gasteiger partial charge in [0.25, 0.3) is 0 Å². The van der Waals surface area contributed by atoms with Crippen LogP contribution in [0.4, 0.5) is 11.6 Å². The fourth-order valence-corrected chi connectivity index (χ4v) is 1.62. The molecule has 1 aromatic heterocycles. The zero-order chi connectivity index (χ0) is 11.5. The largest absolute Gasteiger partial charge is 0.391 e. The molecule has 1 aromatic rings. The van der Waals surface area contributed by atoms with Gasteiger partial charge in [-0.2, -0.15) is 0 Å². The summed E-state index contributed by atoms with van der Waals surface area (Å²) in [7, 11) is 0. The number of nitrogen functional groups attached to an aromatic ring is 1. The van der Waals surface area contributed by atoms with Gasteiger partial charge in [-0.15, -0.1) is 0 Å². The normalized spacial score (nSPS) is 17.1. The highest BCUT2D eigenvalue weighted by atomic mass is 16.3. The van der Waals surface area contributed by atoms with Crippen LogP contribution in [0.1, 0.15) is 25.6 Å². The third-order valence-electron chi connectivity index (χ3n) is 2.77. The van der Waals surface area contributed by atoms with E-state index in [1.807, 2.05) is 6.92 Å². The van der Waals surface area contributed by atoms with E-state index >= 15 is 0 Å². The number of rotatable bonds is 5. The van der Waals surface area contributed by atoms with E-state index in [1.54, 1.807) is 6.07 Å². The van der Waals surface area contributed by atoms with E-state index in [1.165, 1.54) is 0 Å². The molecular formula is C11H18N4O. The molecule has 0 saturated heterocycles. The van der Waals surface area contributed by atoms with Crippen LogP contribution in [0.15, 0.2) is 6.07 Å². The highest BCUT2D eigenvalue weighted by Gasteiger charge is 2.29. The van der Waals surface area contributed by atoms with E-state index in [0.717, 1.165) is 25.1 Å². The third kappa shape index (κ3) is 2.82. The summed E-state index contributed by atoms with van der Waals surface area (Å²) in [5, 5.41) is 12.8. The second-order valence-corrected chi connectivity index (χ2v) is 4.23. The molecule has 0 amide bonds. The predicted octanol–water partition coefficient (Wildman–Crippen LogP) is 0.804. The van der Waals surface area contributed by atoms with Crippen molar-refractivity contribution < 1.29 is 5.11 Å². The van der Waals surface area contributed by atoms with Crippen LogP contribution in [0.2, 0.25) is 0 Å². The first-order valence-corrected chi connectivity index (χ1v) is 5.74. The number of anilines is 2. The lowest BCUT2D eigenvalue weighted by Crippen LogP contribution is -2.22. The van der Waals surface area contributed by atoms with Crippen LogP contribution in [0.25, 0.3) is 0 Å². The van der Waals surface area contributed by atoms with E-state index in [9.17, 15) is 5.11 Å². The van der Waals surface area contributed by atoms with Crippen molar-refractivity contribution in [3.05, 3.63) is 11.9 Å². The Kier molecular flexibility index (Phi) is 3.24. The van der Waals surface area contributed by atoms with Gasteiger partial charge in [0.2, 0.25) is 0 Å². The molecule has 0 spiro atoms. The average molecular weight is 222 g/mol. The van der Waals surface area contributed by atoms with Crippen LogP contribution in [0.3, 0.4) is 0 Å². The summed E-state index contributed by atoms with van der Waals surface area (Å²) < 4.78 is 0. The first-order chi connectivity index (χ1) is 7.69. The van der Waals surface area contributed by atoms with Crippen molar-refractivity contribution in [2.24, 2.45) is 5.92 Å². The van der Waals surface area contributed by atoms with Crippen molar-refractivity contribution in [1.29, 1.82) is 0 Å². The van der Waals surface area contributed by atoms with Crippen molar-refractivity contribution >= 4 is 11.6 Å². The van der Waals surface area contributed by atoms with Crippen molar-refractivity contribution in [3.8, 4) is 0 Å². The molecule has 16 heavy (non-hydrogen) atoms. The van der Waals surface area contributed by atoms with E-state index in [2.05, 4.69) is 15.3 Å². The molecule has 1 atom stereocenters. The van der Waals surface area contributed by atoms with Gasteiger partial charge in [-0.05, 0) is 18.8 Å². The molecule has 1 heterocycles. The summed E-state index contributed by atoms with van der Waals surface area (Å²) >= 11 is 0. The first-order valence-electron chi connectivity index (χ1n) is 5.74. The summed E-state index contributed by atoms with van der Waals surface area (Å²) in [4.78, 5) is 8.38. The summed E-state index contributed by atoms with van der Waals surface area (Å²) in [6.07, 6.45) is 2.75. The van der Waals surface area contributed by atoms with Crippen LogP contribution in [0, 0.1) is 5.92 Å². The number of nitrogens with one attached hydrogen (secondary N) is 1. The van der Waals surface area contributed by atoms with Crippen LogP contribution in [0.5, 0.6) is 0 Å². The molecule has 88 valence electrons. The Labute approximate surface area is 95.1 Å². The summed E-state index contributed by atoms with van der Waals surface area (Å²) in [6, 6.07) is 1.69. The summed E-state index contributed by atoms with van der Waals surface area (Å²) in [6.45, 7) is 2.52. The fraction of sp³-hybridized carbons (Fsp3) is 0.636. The molecule has 1 unspecified atom stereocenters. The van der Waals surface area contributed by atoms with Gasteiger partial charge in [0.05, 0.1) is 6.10 Å². The molecule has 5 heteroatoms. The molecule has 0 aliphatic heterocycles. The zero-order valence-electron chi connectivity index (χ0n) is 9.48. The van der Waals surface area contributed by atoms with Gasteiger partial charge < -0.3 is 16.2 Å². The van der Waals surface area contributed by atoms with Crippen LogP contribution >= 0.6 is 0 Å². The number of nitrogens with zero attached hydrogens (tertiary/aromatic N) is 2. The predicted molar refractivity (Wildman–Crippen MR) is 63.0 cm³/mol. The zero-order valence-corrected chi connectivity index (χ0v) is 9.48. The molecule has 4 N–H and O–H groups in total. The van der Waals surface area contributed by atoms with E-state index in [0.29, 0.717) is 24.1 Å². The molecule has 1 aliphatic carbocycles. The van der Waals surface area contributed by atoms with E-state index in [-0.39, 0.29) is 6.10 Å². The maximum atomic E-state index is 9.71. The number of hydrogen-bond donors (Lipinski definition) is 3. The maximum absolute atomic E-state index is 9.71. The molecule has 0 aromatic carbocycles. The Morgan fingerprint density at radius 1 is 1.56 bits per heavy atom. The number of aryl methyl sites for hydroxylation is 1. The highest BCUT2D eigenvalue weighted by molar-refractivity contribution is 5.44. The first kappa shape index (κ1) is 11.1. The van der Waals surface area contributed by atoms with E-state index < -0.39 is 0 Å². The molecular weight excluding hydrogens is 204 g/mol. The Morgan fingerprint density at radius 3 is 2.94 bits per heavy atom. The Hall–Kier alpha value is -1.36. The monoisotopic (exact) mass is 222 g/mol. The van der Waals surface area contributed by atoms with Crippen LogP contribution < -0.4 is 11.1 Å². The number of hydrogen-bond acceptors (Lipinski definition) is 5. The lowest BCUT2D eigenvalue weighted by atomic mass is 10.2. The van der Waals surface area contributed by atoms with Crippen molar-refractivity contribution in [2.45, 2.75) is 32.3 Å². The molecule has 0 radical (unpaired) electrons. The van der Waals surface area contributed by atoms with Crippen molar-refractivity contribution in [3.63, 3.8) is 0 Å². The Morgan fingerprint density at radius 2 is 2.31 bits per heavy atom. The molecule has 1 aliphatic rings. The number of aromatic nitrogens is 2. The second-order valence-electron chi connectivity index (χ2n) is 4.23. The molecule has 5 nitrogen and oxygen atoms in total. The summed E-state index contributed by atoms with van der Waals surface area (Å²) in [5.74, 6) is 2.36. The van der Waals surface area contributed by atoms with Gasteiger partial charge in [-0.3, -0.25) is 0 Å². The van der Waals surface area contributed by atoms with Gasteiger partial charge >= 0.3 is 0 Å². The minimum Gasteiger partial charge on any atom is -0.391 e. The van der Waals surface area contributed by atoms with Gasteiger partial charge in [-0.1, -0.05) is 6.92 Å². The smallest absolute Gasteiger partial charge is 0.132 e. The minimum absolute atomic E-state index is 0.277. The summed E-state index contributed by atoms with van der Waals surface area (Å²) in [5.41, 5.74) is 5.66. The lowest BCUT2D eigenvalue weighted by molar-refractivity contribution is 0.164. The van der Waals surface area contributed by atoms with Gasteiger partial charge in [-0.25, -0.2) is 9.97 Å². The fourth-order valence-electron chi connectivity index (χ4n) is 1.62. The lowest BCUT2D eigenvalue weighted by Gasteiger charge is -2.11. The SMILES string of the molecule is CCc1nc(N)cc(NCC(O)C2CC2)n1. The maximum Gasteiger partial charge on any atom is 0.132 e. The quantitative estimate of drug-likeness (QED) is 0.686. The molecule has 1 saturated carbocycles. The topological polar surface area (TPSA) is 84.1 Å². The van der Waals surface area contributed by atoms with Crippen LogP contribution in [-0.2, 0) is 6.42 Å². The van der Waals surface area contributed by atoms with E-state index in [4.69, 9.17) is 5.73 Å². The highest BCUT2D eigenvalue weighted by Crippen LogP contribution is 2.32. The molecule has 2 rings (SSSR count). The molecule has 1 fully saturated rings. The van der Waals surface area contributed by atoms with Gasteiger partial charge in [0, 0.05) is 19.0 Å². The van der Waals surface area contributed by atoms with Gasteiger partial charge in [0.15, 0.2) is 0 Å². The second kappa shape index (κ2) is 4.65. The van der Waals surface area contributed by atoms with Gasteiger partial charge in [0.1, 0.15) is 17.5 Å². The average Bonchev–Trinajstić information content (AvgIpc) is 3.08. The van der Waals surface area contributed by atoms with Crippen molar-refractivity contribution in [1.82, 2.24) is 9.97 Å². The van der Waals surface area contributed by atoms with Crippen LogP contribution in [-0.4, -0.2) is 27.7 Å². The molecule has 0 bridgehead atoms. The number of aliphatic hydroxyl groups excluding tert-OH is 1. The Balaban J connectivity index is 1.94. The number of nitrogens with two attached hydrogens (primary N) is 1. The third-order valence-corrected chi connectivity index (χ3v) is 2.77. The standard InChI is InChI=1S/C11H18N4O/c1-2-10-14-9(12)5-11(15-10)13-6-8(16)7-3-4-7/h5,7-8,16H,2-4,6H2,1H3,(H3,12,13,14,15).